The zero-order valence-electron chi connectivity index (χ0n) is 15.2. The Morgan fingerprint density at radius 2 is 1.68 bits per heavy atom. The Balaban J connectivity index is 2.48. The molecule has 6 nitrogen and oxygen atoms in total. The van der Waals surface area contributed by atoms with Gasteiger partial charge in [0.2, 0.25) is 0 Å². The maximum atomic E-state index is 10.0. The fourth-order valence-corrected chi connectivity index (χ4v) is 5.06. The molecule has 6 atom stereocenters. The first-order valence-corrected chi connectivity index (χ1v) is 11.4. The van der Waals surface area contributed by atoms with Gasteiger partial charge in [-0.2, -0.15) is 23.5 Å². The highest BCUT2D eigenvalue weighted by atomic mass is 32.2. The molecule has 3 unspecified atom stereocenters. The van der Waals surface area contributed by atoms with Crippen molar-refractivity contribution in [1.29, 1.82) is 0 Å². The molecule has 0 bridgehead atoms. The first-order valence-electron chi connectivity index (χ1n) is 9.16. The average Bonchev–Trinajstić information content (AvgIpc) is 2.62. The summed E-state index contributed by atoms with van der Waals surface area (Å²) in [6.45, 7) is 4.30. The number of hydrogen-bond acceptors (Lipinski definition) is 8. The fraction of sp³-hybridized carbons (Fsp3) is 1.00. The summed E-state index contributed by atoms with van der Waals surface area (Å²) < 4.78 is 11.1. The summed E-state index contributed by atoms with van der Waals surface area (Å²) in [5.74, 6) is 3.15. The number of unbranched alkanes of at least 4 members (excludes halogenated alkanes) is 2. The monoisotopic (exact) mass is 398 g/mol. The van der Waals surface area contributed by atoms with Crippen LogP contribution in [0.2, 0.25) is 0 Å². The first kappa shape index (κ1) is 23.5. The largest absolute Gasteiger partial charge is 0.394 e. The van der Waals surface area contributed by atoms with Crippen LogP contribution in [0.3, 0.4) is 0 Å². The zero-order valence-corrected chi connectivity index (χ0v) is 16.9. The third kappa shape index (κ3) is 8.34. The molecule has 1 rings (SSSR count). The van der Waals surface area contributed by atoms with E-state index in [9.17, 15) is 20.4 Å². The summed E-state index contributed by atoms with van der Waals surface area (Å²) in [5, 5.41) is 39.2. The predicted molar refractivity (Wildman–Crippen MR) is 103 cm³/mol. The van der Waals surface area contributed by atoms with E-state index >= 15 is 0 Å². The van der Waals surface area contributed by atoms with E-state index in [2.05, 4.69) is 13.8 Å². The highest BCUT2D eigenvalue weighted by Crippen LogP contribution is 2.25. The predicted octanol–water partition coefficient (Wildman–Crippen LogP) is 1.24. The van der Waals surface area contributed by atoms with Gasteiger partial charge in [0.15, 0.2) is 6.29 Å². The minimum absolute atomic E-state index is 0.278. The molecular formula is C17H34O6S2. The highest BCUT2D eigenvalue weighted by Gasteiger charge is 2.44. The normalized spacial score (nSPS) is 31.2. The van der Waals surface area contributed by atoms with Gasteiger partial charge < -0.3 is 29.9 Å². The lowest BCUT2D eigenvalue weighted by molar-refractivity contribution is -0.300. The number of ether oxygens (including phenoxy) is 2. The second kappa shape index (κ2) is 13.6. The SMILES string of the molecule is CCCCSCC(CO[C@H]1OC(CO)[C@@H](O)[C@H](O)C1O)SCCCC. The lowest BCUT2D eigenvalue weighted by Crippen LogP contribution is -2.59. The third-order valence-electron chi connectivity index (χ3n) is 4.09. The van der Waals surface area contributed by atoms with E-state index in [1.165, 1.54) is 12.8 Å². The van der Waals surface area contributed by atoms with Gasteiger partial charge >= 0.3 is 0 Å². The first-order chi connectivity index (χ1) is 12.0. The summed E-state index contributed by atoms with van der Waals surface area (Å²) in [4.78, 5) is 0. The molecule has 0 radical (unpaired) electrons. The van der Waals surface area contributed by atoms with E-state index in [1.807, 2.05) is 23.5 Å². The minimum Gasteiger partial charge on any atom is -0.394 e. The number of rotatable bonds is 13. The second-order valence-corrected chi connectivity index (χ2v) is 8.86. The summed E-state index contributed by atoms with van der Waals surface area (Å²) in [7, 11) is 0. The standard InChI is InChI=1S/C17H34O6S2/c1-3-5-7-24-11-12(25-8-6-4-2)10-22-17-16(21)15(20)14(19)13(9-18)23-17/h12-21H,3-11H2,1-2H3/t12?,13?,14-,15+,16?,17+/m1/s1. The van der Waals surface area contributed by atoms with Crippen LogP contribution in [0.4, 0.5) is 0 Å². The van der Waals surface area contributed by atoms with E-state index in [4.69, 9.17) is 9.47 Å². The average molecular weight is 399 g/mol. The number of thioether (sulfide) groups is 2. The molecule has 25 heavy (non-hydrogen) atoms. The number of hydrogen-bond donors (Lipinski definition) is 4. The topological polar surface area (TPSA) is 99.4 Å². The van der Waals surface area contributed by atoms with Gasteiger partial charge in [0, 0.05) is 11.0 Å². The molecule has 1 heterocycles. The molecular weight excluding hydrogens is 364 g/mol. The van der Waals surface area contributed by atoms with Crippen molar-refractivity contribution in [3.05, 3.63) is 0 Å². The Labute approximate surface area is 159 Å². The molecule has 1 saturated heterocycles. The highest BCUT2D eigenvalue weighted by molar-refractivity contribution is 8.03. The summed E-state index contributed by atoms with van der Waals surface area (Å²) in [6, 6.07) is 0. The molecule has 0 saturated carbocycles. The van der Waals surface area contributed by atoms with Gasteiger partial charge in [0.1, 0.15) is 24.4 Å². The quantitative estimate of drug-likeness (QED) is 0.344. The molecule has 0 aliphatic carbocycles. The number of aliphatic hydroxyl groups excluding tert-OH is 4. The Morgan fingerprint density at radius 1 is 1.00 bits per heavy atom. The molecule has 0 amide bonds. The maximum absolute atomic E-state index is 10.0. The van der Waals surface area contributed by atoms with Gasteiger partial charge in [-0.15, -0.1) is 0 Å². The van der Waals surface area contributed by atoms with Crippen LogP contribution >= 0.6 is 23.5 Å². The van der Waals surface area contributed by atoms with E-state index in [-0.39, 0.29) is 5.25 Å². The molecule has 0 aromatic heterocycles. The zero-order chi connectivity index (χ0) is 18.7. The molecule has 0 aromatic carbocycles. The molecule has 1 aliphatic rings. The second-order valence-electron chi connectivity index (χ2n) is 6.31. The van der Waals surface area contributed by atoms with Crippen LogP contribution in [0, 0.1) is 0 Å². The van der Waals surface area contributed by atoms with Crippen molar-refractivity contribution >= 4 is 23.5 Å². The van der Waals surface area contributed by atoms with Crippen LogP contribution in [0.25, 0.3) is 0 Å². The van der Waals surface area contributed by atoms with Crippen LogP contribution in [0.15, 0.2) is 0 Å². The van der Waals surface area contributed by atoms with Crippen molar-refractivity contribution in [2.75, 3.05) is 30.5 Å². The lowest BCUT2D eigenvalue weighted by atomic mass is 9.99. The molecule has 1 aliphatic heterocycles. The fourth-order valence-electron chi connectivity index (χ4n) is 2.41. The third-order valence-corrected chi connectivity index (χ3v) is 6.82. The Hall–Kier alpha value is 0.460. The Morgan fingerprint density at radius 3 is 2.32 bits per heavy atom. The van der Waals surface area contributed by atoms with Gasteiger partial charge in [-0.25, -0.2) is 0 Å². The Bertz CT molecular complexity index is 334. The van der Waals surface area contributed by atoms with E-state index < -0.39 is 37.3 Å². The Kier molecular flexibility index (Phi) is 12.8. The number of aliphatic hydroxyl groups is 4. The summed E-state index contributed by atoms with van der Waals surface area (Å²) in [6.07, 6.45) is -1.34. The van der Waals surface area contributed by atoms with Gasteiger partial charge in [0.05, 0.1) is 13.2 Å². The van der Waals surface area contributed by atoms with E-state index in [1.54, 1.807) is 0 Å². The molecule has 8 heteroatoms. The molecule has 4 N–H and O–H groups in total. The van der Waals surface area contributed by atoms with Gasteiger partial charge in [-0.3, -0.25) is 0 Å². The van der Waals surface area contributed by atoms with Crippen molar-refractivity contribution in [2.45, 2.75) is 75.5 Å². The molecule has 0 spiro atoms. The van der Waals surface area contributed by atoms with Crippen LogP contribution in [-0.2, 0) is 9.47 Å². The van der Waals surface area contributed by atoms with Crippen molar-refractivity contribution in [3.63, 3.8) is 0 Å². The van der Waals surface area contributed by atoms with Crippen LogP contribution in [-0.4, -0.2) is 86.9 Å². The van der Waals surface area contributed by atoms with E-state index in [0.29, 0.717) is 6.61 Å². The van der Waals surface area contributed by atoms with Gasteiger partial charge in [0.25, 0.3) is 0 Å². The molecule has 1 fully saturated rings. The van der Waals surface area contributed by atoms with Crippen LogP contribution < -0.4 is 0 Å². The summed E-state index contributed by atoms with van der Waals surface area (Å²) >= 11 is 3.76. The maximum Gasteiger partial charge on any atom is 0.186 e. The van der Waals surface area contributed by atoms with Crippen LogP contribution in [0.5, 0.6) is 0 Å². The van der Waals surface area contributed by atoms with Gasteiger partial charge in [-0.1, -0.05) is 26.7 Å². The van der Waals surface area contributed by atoms with Gasteiger partial charge in [-0.05, 0) is 24.3 Å². The molecule has 150 valence electrons. The van der Waals surface area contributed by atoms with Crippen molar-refractivity contribution in [1.82, 2.24) is 0 Å². The van der Waals surface area contributed by atoms with Crippen molar-refractivity contribution in [3.8, 4) is 0 Å². The summed E-state index contributed by atoms with van der Waals surface area (Å²) in [5.41, 5.74) is 0. The smallest absolute Gasteiger partial charge is 0.186 e. The van der Waals surface area contributed by atoms with Crippen molar-refractivity contribution < 1.29 is 29.9 Å². The van der Waals surface area contributed by atoms with Crippen LogP contribution in [0.1, 0.15) is 39.5 Å². The van der Waals surface area contributed by atoms with Crippen molar-refractivity contribution in [2.24, 2.45) is 0 Å². The van der Waals surface area contributed by atoms with E-state index in [0.717, 1.165) is 30.1 Å². The minimum atomic E-state index is -1.39. The molecule has 0 aromatic rings. The lowest BCUT2D eigenvalue weighted by Gasteiger charge is -2.40.